The summed E-state index contributed by atoms with van der Waals surface area (Å²) in [6.45, 7) is 2.16. The summed E-state index contributed by atoms with van der Waals surface area (Å²) in [4.78, 5) is 25.3. The summed E-state index contributed by atoms with van der Waals surface area (Å²) in [6.07, 6.45) is 0.851. The zero-order valence-corrected chi connectivity index (χ0v) is 12.2. The highest BCUT2D eigenvalue weighted by atomic mass is 16.5. The van der Waals surface area contributed by atoms with E-state index >= 15 is 0 Å². The standard InChI is InChI=1S/C15H21N3O3/c1-21-9-7-16-14(19)10-17-15(20)18-8-6-12-4-2-3-5-13(12)11-18/h2-5H,6-11H2,1H3,(H,16,19)(H,17,20). The summed E-state index contributed by atoms with van der Waals surface area (Å²) in [5.41, 5.74) is 2.46. The van der Waals surface area contributed by atoms with E-state index in [4.69, 9.17) is 4.74 Å². The lowest BCUT2D eigenvalue weighted by Gasteiger charge is -2.28. The fraction of sp³-hybridized carbons (Fsp3) is 0.467. The molecule has 0 unspecified atom stereocenters. The van der Waals surface area contributed by atoms with Gasteiger partial charge in [0.15, 0.2) is 0 Å². The average molecular weight is 291 g/mol. The molecule has 0 saturated carbocycles. The van der Waals surface area contributed by atoms with Crippen molar-refractivity contribution in [1.29, 1.82) is 0 Å². The second kappa shape index (κ2) is 7.64. The molecule has 0 radical (unpaired) electrons. The molecule has 1 heterocycles. The first-order chi connectivity index (χ1) is 10.2. The number of urea groups is 1. The van der Waals surface area contributed by atoms with Crippen LogP contribution in [0.3, 0.4) is 0 Å². The van der Waals surface area contributed by atoms with Crippen molar-refractivity contribution in [3.8, 4) is 0 Å². The molecule has 3 amide bonds. The third-order valence-electron chi connectivity index (χ3n) is 3.45. The Labute approximate surface area is 124 Å². The molecule has 0 saturated heterocycles. The van der Waals surface area contributed by atoms with Crippen molar-refractivity contribution >= 4 is 11.9 Å². The second-order valence-corrected chi connectivity index (χ2v) is 4.94. The predicted molar refractivity (Wildman–Crippen MR) is 78.8 cm³/mol. The van der Waals surface area contributed by atoms with E-state index in [1.54, 1.807) is 12.0 Å². The Bertz CT molecular complexity index is 505. The van der Waals surface area contributed by atoms with Crippen molar-refractivity contribution in [2.75, 3.05) is 33.4 Å². The lowest BCUT2D eigenvalue weighted by Crippen LogP contribution is -2.46. The minimum Gasteiger partial charge on any atom is -0.383 e. The number of ether oxygens (including phenoxy) is 1. The quantitative estimate of drug-likeness (QED) is 0.777. The van der Waals surface area contributed by atoms with Crippen LogP contribution in [0.4, 0.5) is 4.79 Å². The summed E-state index contributed by atoms with van der Waals surface area (Å²) in [7, 11) is 1.57. The monoisotopic (exact) mass is 291 g/mol. The fourth-order valence-electron chi connectivity index (χ4n) is 2.29. The van der Waals surface area contributed by atoms with Gasteiger partial charge in [0, 0.05) is 26.7 Å². The molecule has 0 atom stereocenters. The van der Waals surface area contributed by atoms with E-state index < -0.39 is 0 Å². The highest BCUT2D eigenvalue weighted by Gasteiger charge is 2.20. The summed E-state index contributed by atoms with van der Waals surface area (Å²) >= 11 is 0. The van der Waals surface area contributed by atoms with E-state index in [-0.39, 0.29) is 18.5 Å². The molecule has 0 aromatic heterocycles. The van der Waals surface area contributed by atoms with Gasteiger partial charge in [-0.3, -0.25) is 4.79 Å². The molecule has 2 N–H and O–H groups in total. The Morgan fingerprint density at radius 1 is 1.24 bits per heavy atom. The van der Waals surface area contributed by atoms with Crippen LogP contribution in [0.2, 0.25) is 0 Å². The van der Waals surface area contributed by atoms with Crippen LogP contribution in [0.1, 0.15) is 11.1 Å². The molecule has 0 aliphatic carbocycles. The summed E-state index contributed by atoms with van der Waals surface area (Å²) in [5, 5.41) is 5.30. The Hall–Kier alpha value is -2.08. The van der Waals surface area contributed by atoms with Gasteiger partial charge < -0.3 is 20.3 Å². The number of carbonyl (C=O) groups is 2. The Kier molecular flexibility index (Phi) is 5.57. The number of nitrogens with zero attached hydrogens (tertiary/aromatic N) is 1. The molecule has 1 aliphatic rings. The molecule has 0 spiro atoms. The van der Waals surface area contributed by atoms with Crippen molar-refractivity contribution in [2.45, 2.75) is 13.0 Å². The number of hydrogen-bond acceptors (Lipinski definition) is 3. The van der Waals surface area contributed by atoms with Gasteiger partial charge in [-0.05, 0) is 17.5 Å². The molecule has 2 rings (SSSR count). The van der Waals surface area contributed by atoms with Crippen LogP contribution in [0.25, 0.3) is 0 Å². The van der Waals surface area contributed by atoms with Crippen LogP contribution in [0.5, 0.6) is 0 Å². The maximum atomic E-state index is 12.1. The van der Waals surface area contributed by atoms with Gasteiger partial charge in [-0.1, -0.05) is 24.3 Å². The number of rotatable bonds is 5. The van der Waals surface area contributed by atoms with Crippen LogP contribution >= 0.6 is 0 Å². The van der Waals surface area contributed by atoms with Crippen molar-refractivity contribution < 1.29 is 14.3 Å². The van der Waals surface area contributed by atoms with Gasteiger partial charge in [0.25, 0.3) is 0 Å². The number of nitrogens with one attached hydrogen (secondary N) is 2. The molecule has 114 valence electrons. The second-order valence-electron chi connectivity index (χ2n) is 4.94. The average Bonchev–Trinajstić information content (AvgIpc) is 2.52. The van der Waals surface area contributed by atoms with Crippen LogP contribution in [0, 0.1) is 0 Å². The molecule has 6 nitrogen and oxygen atoms in total. The zero-order chi connectivity index (χ0) is 15.1. The number of hydrogen-bond donors (Lipinski definition) is 2. The number of carbonyl (C=O) groups excluding carboxylic acids is 2. The number of methoxy groups -OCH3 is 1. The van der Waals surface area contributed by atoms with E-state index in [9.17, 15) is 9.59 Å². The molecular formula is C15H21N3O3. The molecule has 1 aromatic rings. The van der Waals surface area contributed by atoms with Gasteiger partial charge in [0.1, 0.15) is 0 Å². The van der Waals surface area contributed by atoms with Gasteiger partial charge in [0.2, 0.25) is 5.91 Å². The molecule has 0 fully saturated rings. The van der Waals surface area contributed by atoms with Gasteiger partial charge in [-0.2, -0.15) is 0 Å². The lowest BCUT2D eigenvalue weighted by molar-refractivity contribution is -0.120. The van der Waals surface area contributed by atoms with Crippen LogP contribution in [-0.2, 0) is 22.5 Å². The van der Waals surface area contributed by atoms with Crippen molar-refractivity contribution in [3.05, 3.63) is 35.4 Å². The van der Waals surface area contributed by atoms with Crippen molar-refractivity contribution in [1.82, 2.24) is 15.5 Å². The van der Waals surface area contributed by atoms with Crippen molar-refractivity contribution in [3.63, 3.8) is 0 Å². The minimum atomic E-state index is -0.210. The fourth-order valence-corrected chi connectivity index (χ4v) is 2.29. The zero-order valence-electron chi connectivity index (χ0n) is 12.2. The number of fused-ring (bicyclic) bond motifs is 1. The Morgan fingerprint density at radius 2 is 2.00 bits per heavy atom. The normalized spacial score (nSPS) is 13.5. The third-order valence-corrected chi connectivity index (χ3v) is 3.45. The predicted octanol–water partition coefficient (Wildman–Crippen LogP) is 0.517. The lowest BCUT2D eigenvalue weighted by atomic mass is 10.0. The highest BCUT2D eigenvalue weighted by Crippen LogP contribution is 2.18. The van der Waals surface area contributed by atoms with E-state index in [2.05, 4.69) is 16.7 Å². The van der Waals surface area contributed by atoms with Crippen LogP contribution < -0.4 is 10.6 Å². The van der Waals surface area contributed by atoms with E-state index in [1.807, 2.05) is 18.2 Å². The van der Waals surface area contributed by atoms with E-state index in [0.717, 1.165) is 6.42 Å². The molecule has 0 bridgehead atoms. The van der Waals surface area contributed by atoms with E-state index in [1.165, 1.54) is 11.1 Å². The molecular weight excluding hydrogens is 270 g/mol. The van der Waals surface area contributed by atoms with Crippen molar-refractivity contribution in [2.24, 2.45) is 0 Å². The smallest absolute Gasteiger partial charge is 0.318 e. The van der Waals surface area contributed by atoms with Crippen LogP contribution in [-0.4, -0.2) is 50.2 Å². The Morgan fingerprint density at radius 3 is 2.76 bits per heavy atom. The van der Waals surface area contributed by atoms with Gasteiger partial charge in [0.05, 0.1) is 13.2 Å². The van der Waals surface area contributed by atoms with Gasteiger partial charge in [-0.25, -0.2) is 4.79 Å². The largest absolute Gasteiger partial charge is 0.383 e. The maximum Gasteiger partial charge on any atom is 0.318 e. The number of benzene rings is 1. The van der Waals surface area contributed by atoms with Crippen LogP contribution in [0.15, 0.2) is 24.3 Å². The molecule has 6 heteroatoms. The summed E-state index contributed by atoms with van der Waals surface area (Å²) in [5.74, 6) is -0.210. The minimum absolute atomic E-state index is 0.0132. The topological polar surface area (TPSA) is 70.7 Å². The molecule has 21 heavy (non-hydrogen) atoms. The first-order valence-electron chi connectivity index (χ1n) is 7.06. The van der Waals surface area contributed by atoms with E-state index in [0.29, 0.717) is 26.2 Å². The SMILES string of the molecule is COCCNC(=O)CNC(=O)N1CCc2ccccc2C1. The molecule has 1 aliphatic heterocycles. The first-order valence-corrected chi connectivity index (χ1v) is 7.06. The van der Waals surface area contributed by atoms with Gasteiger partial charge in [-0.15, -0.1) is 0 Å². The highest BCUT2D eigenvalue weighted by molar-refractivity contribution is 5.84. The number of amides is 3. The maximum absolute atomic E-state index is 12.1. The first kappa shape index (κ1) is 15.3. The molecule has 1 aromatic carbocycles. The van der Waals surface area contributed by atoms with Gasteiger partial charge >= 0.3 is 6.03 Å². The summed E-state index contributed by atoms with van der Waals surface area (Å²) < 4.78 is 4.84. The Balaban J connectivity index is 1.76. The third kappa shape index (κ3) is 4.46. The summed E-state index contributed by atoms with van der Waals surface area (Å²) in [6, 6.07) is 7.91.